The first kappa shape index (κ1) is 17.2. The van der Waals surface area contributed by atoms with Gasteiger partial charge in [0.1, 0.15) is 11.9 Å². The molecule has 4 unspecified atom stereocenters. The minimum absolute atomic E-state index is 0.0442. The molecule has 1 amide bonds. The molecule has 144 valence electrons. The summed E-state index contributed by atoms with van der Waals surface area (Å²) in [4.78, 5) is 28.4. The normalized spacial score (nSPS) is 29.6. The molecule has 2 aliphatic heterocycles. The highest BCUT2D eigenvalue weighted by Crippen LogP contribution is 2.48. The zero-order chi connectivity index (χ0) is 19.4. The Morgan fingerprint density at radius 3 is 2.64 bits per heavy atom. The van der Waals surface area contributed by atoms with Crippen molar-refractivity contribution in [3.8, 4) is 0 Å². The molecule has 0 bridgehead atoms. The molecule has 1 aliphatic carbocycles. The number of nitrogens with zero attached hydrogens (tertiary/aromatic N) is 2. The Kier molecular flexibility index (Phi) is 3.89. The fourth-order valence-electron chi connectivity index (χ4n) is 4.73. The topological polar surface area (TPSA) is 72.6 Å². The van der Waals surface area contributed by atoms with Gasteiger partial charge >= 0.3 is 0 Å². The molecule has 28 heavy (non-hydrogen) atoms. The van der Waals surface area contributed by atoms with E-state index < -0.39 is 6.04 Å². The van der Waals surface area contributed by atoms with Gasteiger partial charge in [0.2, 0.25) is 0 Å². The molecule has 6 nitrogen and oxygen atoms in total. The lowest BCUT2D eigenvalue weighted by molar-refractivity contribution is -0.132. The van der Waals surface area contributed by atoms with Crippen LogP contribution in [0.15, 0.2) is 52.3 Å². The number of Topliss-reactive ketones (excluding diaryl/α,β-unsaturated/α-hetero) is 1. The molecule has 1 aromatic carbocycles. The largest absolute Gasteiger partial charge is 0.483 e. The molecule has 4 atom stereocenters. The summed E-state index contributed by atoms with van der Waals surface area (Å²) in [7, 11) is 0. The van der Waals surface area contributed by atoms with Crippen LogP contribution < -0.4 is 4.90 Å². The molecule has 0 saturated heterocycles. The first-order valence-electron chi connectivity index (χ1n) is 9.81. The van der Waals surface area contributed by atoms with E-state index in [-0.39, 0.29) is 29.5 Å². The third kappa shape index (κ3) is 2.51. The lowest BCUT2D eigenvalue weighted by Crippen LogP contribution is -2.41. The maximum absolute atomic E-state index is 13.5. The third-order valence-corrected chi connectivity index (χ3v) is 6.09. The molecular formula is C22H22N2O4. The van der Waals surface area contributed by atoms with Gasteiger partial charge < -0.3 is 9.26 Å². The summed E-state index contributed by atoms with van der Waals surface area (Å²) in [5, 5.41) is 4.05. The second-order valence-corrected chi connectivity index (χ2v) is 8.07. The Labute approximate surface area is 163 Å². The van der Waals surface area contributed by atoms with Crippen molar-refractivity contribution in [2.24, 2.45) is 11.8 Å². The summed E-state index contributed by atoms with van der Waals surface area (Å²) in [6.07, 6.45) is 2.42. The van der Waals surface area contributed by atoms with Crippen LogP contribution in [0.25, 0.3) is 0 Å². The van der Waals surface area contributed by atoms with E-state index in [4.69, 9.17) is 9.26 Å². The predicted molar refractivity (Wildman–Crippen MR) is 101 cm³/mol. The van der Waals surface area contributed by atoms with Crippen molar-refractivity contribution in [3.63, 3.8) is 0 Å². The number of hydrogen-bond donors (Lipinski definition) is 0. The summed E-state index contributed by atoms with van der Waals surface area (Å²) < 4.78 is 11.4. The minimum Gasteiger partial charge on any atom is -0.483 e. The third-order valence-electron chi connectivity index (χ3n) is 6.09. The van der Waals surface area contributed by atoms with Gasteiger partial charge in [0.25, 0.3) is 5.91 Å². The highest BCUT2D eigenvalue weighted by molar-refractivity contribution is 6.17. The first-order chi connectivity index (χ1) is 13.5. The van der Waals surface area contributed by atoms with Gasteiger partial charge in [0.05, 0.1) is 17.5 Å². The number of aromatic nitrogens is 1. The predicted octanol–water partition coefficient (Wildman–Crippen LogP) is 3.73. The van der Waals surface area contributed by atoms with E-state index >= 15 is 0 Å². The number of hydrogen-bond acceptors (Lipinski definition) is 5. The number of ketones is 1. The quantitative estimate of drug-likeness (QED) is 0.796. The number of amides is 1. The summed E-state index contributed by atoms with van der Waals surface area (Å²) in [6.45, 7) is 3.95. The van der Waals surface area contributed by atoms with E-state index in [1.54, 1.807) is 13.0 Å². The van der Waals surface area contributed by atoms with Crippen molar-refractivity contribution in [2.45, 2.75) is 45.3 Å². The first-order valence-corrected chi connectivity index (χ1v) is 9.81. The van der Waals surface area contributed by atoms with Crippen LogP contribution in [-0.4, -0.2) is 23.0 Å². The van der Waals surface area contributed by atoms with Crippen molar-refractivity contribution in [2.75, 3.05) is 4.90 Å². The van der Waals surface area contributed by atoms with E-state index in [1.165, 1.54) is 4.90 Å². The van der Waals surface area contributed by atoms with Gasteiger partial charge in [0, 0.05) is 6.07 Å². The summed E-state index contributed by atoms with van der Waals surface area (Å²) in [5.41, 5.74) is 1.33. The second-order valence-electron chi connectivity index (χ2n) is 8.07. The van der Waals surface area contributed by atoms with Gasteiger partial charge in [0.15, 0.2) is 17.4 Å². The molecule has 1 aromatic heterocycles. The summed E-state index contributed by atoms with van der Waals surface area (Å²) >= 11 is 0. The molecule has 2 aromatic rings. The number of anilines is 1. The van der Waals surface area contributed by atoms with Gasteiger partial charge in [-0.15, -0.1) is 0 Å². The van der Waals surface area contributed by atoms with Crippen LogP contribution in [0, 0.1) is 18.8 Å². The van der Waals surface area contributed by atoms with E-state index in [0.29, 0.717) is 23.1 Å². The molecule has 3 aliphatic rings. The van der Waals surface area contributed by atoms with E-state index in [1.807, 2.05) is 30.3 Å². The maximum atomic E-state index is 13.5. The maximum Gasteiger partial charge on any atom is 0.295 e. The molecule has 3 heterocycles. The van der Waals surface area contributed by atoms with Crippen LogP contribution in [0.5, 0.6) is 0 Å². The van der Waals surface area contributed by atoms with Gasteiger partial charge in [-0.25, -0.2) is 0 Å². The monoisotopic (exact) mass is 378 g/mol. The second kappa shape index (κ2) is 6.33. The number of benzene rings is 1. The lowest BCUT2D eigenvalue weighted by atomic mass is 9.74. The molecule has 0 spiro atoms. The van der Waals surface area contributed by atoms with Crippen LogP contribution >= 0.6 is 0 Å². The Morgan fingerprint density at radius 1 is 1.14 bits per heavy atom. The molecule has 5 rings (SSSR count). The average molecular weight is 378 g/mol. The average Bonchev–Trinajstić information content (AvgIpc) is 3.24. The fourth-order valence-corrected chi connectivity index (χ4v) is 4.73. The van der Waals surface area contributed by atoms with Gasteiger partial charge in [-0.1, -0.05) is 42.4 Å². The van der Waals surface area contributed by atoms with Crippen LogP contribution in [0.3, 0.4) is 0 Å². The summed E-state index contributed by atoms with van der Waals surface area (Å²) in [5.74, 6) is 1.23. The number of carbonyl (C=O) groups is 2. The Morgan fingerprint density at radius 2 is 1.93 bits per heavy atom. The standard InChI is InChI=1S/C22H22N2O4/c1-12-8-9-16-15(10-12)20(25)18-19(14-6-4-3-5-7-14)24(22(26)21(18)27-16)17-11-13(2)28-23-17/h3-7,11-12,15-16,19H,8-10H2,1-2H3. The summed E-state index contributed by atoms with van der Waals surface area (Å²) in [6, 6.07) is 10.8. The molecular weight excluding hydrogens is 356 g/mol. The van der Waals surface area contributed by atoms with E-state index in [2.05, 4.69) is 12.1 Å². The zero-order valence-corrected chi connectivity index (χ0v) is 15.9. The highest BCUT2D eigenvalue weighted by Gasteiger charge is 2.53. The van der Waals surface area contributed by atoms with E-state index in [9.17, 15) is 9.59 Å². The number of ether oxygens (including phenoxy) is 1. The van der Waals surface area contributed by atoms with E-state index in [0.717, 1.165) is 24.8 Å². The van der Waals surface area contributed by atoms with Crippen molar-refractivity contribution in [1.82, 2.24) is 5.16 Å². The van der Waals surface area contributed by atoms with Crippen LogP contribution in [0.4, 0.5) is 5.82 Å². The number of rotatable bonds is 2. The Hall–Kier alpha value is -2.89. The van der Waals surface area contributed by atoms with Gasteiger partial charge in [-0.05, 0) is 37.7 Å². The smallest absolute Gasteiger partial charge is 0.295 e. The number of fused-ring (bicyclic) bond motifs is 1. The van der Waals surface area contributed by atoms with Crippen LogP contribution in [0.1, 0.15) is 43.6 Å². The zero-order valence-electron chi connectivity index (χ0n) is 15.9. The molecule has 0 N–H and O–H groups in total. The van der Waals surface area contributed by atoms with Gasteiger partial charge in [-0.3, -0.25) is 14.5 Å². The molecule has 1 fully saturated rings. The molecule has 1 saturated carbocycles. The fraction of sp³-hybridized carbons (Fsp3) is 0.409. The number of aryl methyl sites for hydroxylation is 1. The lowest BCUT2D eigenvalue weighted by Gasteiger charge is -2.37. The Balaban J connectivity index is 1.64. The van der Waals surface area contributed by atoms with Crippen LogP contribution in [-0.2, 0) is 14.3 Å². The highest BCUT2D eigenvalue weighted by atomic mass is 16.5. The van der Waals surface area contributed by atoms with Crippen molar-refractivity contribution in [3.05, 3.63) is 59.1 Å². The van der Waals surface area contributed by atoms with Crippen molar-refractivity contribution < 1.29 is 18.8 Å². The SMILES string of the molecule is Cc1cc(N2C(=O)C3=C(C(=O)C4CC(C)CCC4O3)C2c2ccccc2)no1. The Bertz CT molecular complexity index is 977. The minimum atomic E-state index is -0.543. The van der Waals surface area contributed by atoms with Crippen LogP contribution in [0.2, 0.25) is 0 Å². The number of carbonyl (C=O) groups excluding carboxylic acids is 2. The van der Waals surface area contributed by atoms with Crippen molar-refractivity contribution >= 4 is 17.5 Å². The molecule has 6 heteroatoms. The van der Waals surface area contributed by atoms with Crippen molar-refractivity contribution in [1.29, 1.82) is 0 Å². The molecule has 0 radical (unpaired) electrons. The van der Waals surface area contributed by atoms with Gasteiger partial charge in [-0.2, -0.15) is 0 Å².